The number of sulfonamides is 1. The Labute approximate surface area is 138 Å². The monoisotopic (exact) mass is 339 g/mol. The number of hydrogen-bond donors (Lipinski definition) is 0. The highest BCUT2D eigenvalue weighted by molar-refractivity contribution is 7.89. The van der Waals surface area contributed by atoms with Gasteiger partial charge in [-0.1, -0.05) is 32.9 Å². The Hall–Kier alpha value is -0.950. The van der Waals surface area contributed by atoms with Crippen molar-refractivity contribution in [3.63, 3.8) is 0 Å². The van der Waals surface area contributed by atoms with E-state index in [-0.39, 0.29) is 11.5 Å². The highest BCUT2D eigenvalue weighted by atomic mass is 32.2. The molecule has 1 unspecified atom stereocenters. The zero-order valence-electron chi connectivity index (χ0n) is 14.0. The second kappa shape index (κ2) is 6.16. The first-order valence-electron chi connectivity index (χ1n) is 8.16. The lowest BCUT2D eigenvalue weighted by Gasteiger charge is -2.27. The summed E-state index contributed by atoms with van der Waals surface area (Å²) in [5.41, 5.74) is 1.13. The molecule has 0 spiro atoms. The van der Waals surface area contributed by atoms with Crippen molar-refractivity contribution in [2.24, 2.45) is 0 Å². The highest BCUT2D eigenvalue weighted by Gasteiger charge is 2.42. The van der Waals surface area contributed by atoms with Crippen LogP contribution in [0.5, 0.6) is 0 Å². The lowest BCUT2D eigenvalue weighted by atomic mass is 9.87. The molecule has 0 amide bonds. The zero-order chi connectivity index (χ0) is 16.7. The fourth-order valence-electron chi connectivity index (χ4n) is 3.20. The second-order valence-corrected chi connectivity index (χ2v) is 9.10. The maximum atomic E-state index is 13.0. The lowest BCUT2D eigenvalue weighted by molar-refractivity contribution is -0.0768. The van der Waals surface area contributed by atoms with Gasteiger partial charge in [0.2, 0.25) is 10.0 Å². The van der Waals surface area contributed by atoms with Crippen molar-refractivity contribution in [2.75, 3.05) is 19.8 Å². The summed E-state index contributed by atoms with van der Waals surface area (Å²) in [4.78, 5) is 0.343. The third-order valence-corrected chi connectivity index (χ3v) is 6.48. The first kappa shape index (κ1) is 16.9. The van der Waals surface area contributed by atoms with E-state index in [2.05, 4.69) is 20.8 Å². The van der Waals surface area contributed by atoms with E-state index in [1.54, 1.807) is 16.4 Å². The molecule has 0 aliphatic carbocycles. The summed E-state index contributed by atoms with van der Waals surface area (Å²) in [6.45, 7) is 7.94. The first-order chi connectivity index (χ1) is 10.8. The van der Waals surface area contributed by atoms with Crippen LogP contribution in [0.2, 0.25) is 0 Å². The number of rotatable bonds is 3. The second-order valence-electron chi connectivity index (χ2n) is 7.21. The quantitative estimate of drug-likeness (QED) is 0.849. The molecule has 2 aliphatic heterocycles. The molecular formula is C17H25NO4S. The van der Waals surface area contributed by atoms with Crippen molar-refractivity contribution >= 4 is 10.0 Å². The van der Waals surface area contributed by atoms with Gasteiger partial charge in [0, 0.05) is 6.54 Å². The minimum absolute atomic E-state index is 0.00397. The molecule has 0 bridgehead atoms. The van der Waals surface area contributed by atoms with Gasteiger partial charge in [0.05, 0.1) is 24.2 Å². The number of ether oxygens (including phenoxy) is 2. The molecule has 2 fully saturated rings. The number of benzene rings is 1. The van der Waals surface area contributed by atoms with Crippen LogP contribution in [-0.2, 0) is 24.9 Å². The van der Waals surface area contributed by atoms with Gasteiger partial charge < -0.3 is 9.47 Å². The maximum absolute atomic E-state index is 13.0. The van der Waals surface area contributed by atoms with E-state index in [1.807, 2.05) is 12.1 Å². The molecule has 0 radical (unpaired) electrons. The maximum Gasteiger partial charge on any atom is 0.243 e. The van der Waals surface area contributed by atoms with Gasteiger partial charge in [-0.2, -0.15) is 4.31 Å². The Bertz CT molecular complexity index is 642. The van der Waals surface area contributed by atoms with E-state index in [4.69, 9.17) is 9.47 Å². The molecule has 1 aromatic carbocycles. The number of hydrogen-bond acceptors (Lipinski definition) is 4. The highest BCUT2D eigenvalue weighted by Crippen LogP contribution is 2.31. The van der Waals surface area contributed by atoms with Crippen LogP contribution in [-0.4, -0.2) is 44.8 Å². The van der Waals surface area contributed by atoms with Gasteiger partial charge in [-0.25, -0.2) is 8.42 Å². The van der Waals surface area contributed by atoms with Gasteiger partial charge in [-0.05, 0) is 36.0 Å². The predicted octanol–water partition coefficient (Wildman–Crippen LogP) is 2.51. The van der Waals surface area contributed by atoms with Crippen molar-refractivity contribution in [1.29, 1.82) is 0 Å². The van der Waals surface area contributed by atoms with Crippen molar-refractivity contribution in [2.45, 2.75) is 56.3 Å². The lowest BCUT2D eigenvalue weighted by Crippen LogP contribution is -2.43. The summed E-state index contributed by atoms with van der Waals surface area (Å²) in [7, 11) is -3.51. The van der Waals surface area contributed by atoms with Gasteiger partial charge in [-0.15, -0.1) is 0 Å². The third-order valence-electron chi connectivity index (χ3n) is 4.54. The average molecular weight is 339 g/mol. The Balaban J connectivity index is 1.85. The molecule has 0 saturated carbocycles. The van der Waals surface area contributed by atoms with E-state index in [0.29, 0.717) is 24.7 Å². The number of nitrogens with zero attached hydrogens (tertiary/aromatic N) is 1. The van der Waals surface area contributed by atoms with Crippen LogP contribution in [0.1, 0.15) is 39.2 Å². The van der Waals surface area contributed by atoms with Gasteiger partial charge in [0.25, 0.3) is 0 Å². The molecule has 23 heavy (non-hydrogen) atoms. The Morgan fingerprint density at radius 1 is 1.09 bits per heavy atom. The molecule has 0 aromatic heterocycles. The van der Waals surface area contributed by atoms with Crippen molar-refractivity contribution in [3.8, 4) is 0 Å². The van der Waals surface area contributed by atoms with E-state index in [0.717, 1.165) is 18.4 Å². The molecule has 1 aromatic rings. The van der Waals surface area contributed by atoms with E-state index >= 15 is 0 Å². The summed E-state index contributed by atoms with van der Waals surface area (Å²) >= 11 is 0. The van der Waals surface area contributed by atoms with Crippen LogP contribution in [0.15, 0.2) is 29.2 Å². The van der Waals surface area contributed by atoms with Crippen LogP contribution in [0.25, 0.3) is 0 Å². The molecule has 2 heterocycles. The van der Waals surface area contributed by atoms with Crippen LogP contribution < -0.4 is 0 Å². The molecule has 3 rings (SSSR count). The molecular weight excluding hydrogens is 314 g/mol. The van der Waals surface area contributed by atoms with Gasteiger partial charge in [0.1, 0.15) is 0 Å². The molecule has 1 atom stereocenters. The van der Waals surface area contributed by atoms with Gasteiger partial charge in [0.15, 0.2) is 6.29 Å². The minimum atomic E-state index is -3.51. The molecule has 2 saturated heterocycles. The molecule has 128 valence electrons. The largest absolute Gasteiger partial charge is 0.349 e. The Morgan fingerprint density at radius 2 is 1.70 bits per heavy atom. The third kappa shape index (κ3) is 3.31. The molecule has 6 heteroatoms. The normalized spacial score (nSPS) is 24.4. The zero-order valence-corrected chi connectivity index (χ0v) is 14.8. The van der Waals surface area contributed by atoms with Crippen molar-refractivity contribution in [3.05, 3.63) is 29.8 Å². The van der Waals surface area contributed by atoms with Crippen LogP contribution in [0, 0.1) is 0 Å². The Morgan fingerprint density at radius 3 is 2.26 bits per heavy atom. The fourth-order valence-corrected chi connectivity index (χ4v) is 4.88. The fraction of sp³-hybridized carbons (Fsp3) is 0.647. The summed E-state index contributed by atoms with van der Waals surface area (Å²) in [6.07, 6.45) is 1.19. The SMILES string of the molecule is CC(C)(C)c1ccc(S(=O)(=O)N2CCCC2C2OCCO2)cc1. The minimum Gasteiger partial charge on any atom is -0.349 e. The van der Waals surface area contributed by atoms with E-state index < -0.39 is 16.3 Å². The molecule has 2 aliphatic rings. The van der Waals surface area contributed by atoms with Gasteiger partial charge >= 0.3 is 0 Å². The van der Waals surface area contributed by atoms with Crippen LogP contribution >= 0.6 is 0 Å². The topological polar surface area (TPSA) is 55.8 Å². The van der Waals surface area contributed by atoms with Crippen LogP contribution in [0.3, 0.4) is 0 Å². The average Bonchev–Trinajstić information content (AvgIpc) is 3.17. The van der Waals surface area contributed by atoms with E-state index in [9.17, 15) is 8.42 Å². The summed E-state index contributed by atoms with van der Waals surface area (Å²) in [5.74, 6) is 0. The smallest absolute Gasteiger partial charge is 0.243 e. The summed E-state index contributed by atoms with van der Waals surface area (Å²) in [5, 5.41) is 0. The Kier molecular flexibility index (Phi) is 4.53. The first-order valence-corrected chi connectivity index (χ1v) is 9.60. The summed E-state index contributed by atoms with van der Waals surface area (Å²) < 4.78 is 38.6. The van der Waals surface area contributed by atoms with Crippen molar-refractivity contribution in [1.82, 2.24) is 4.31 Å². The van der Waals surface area contributed by atoms with Crippen molar-refractivity contribution < 1.29 is 17.9 Å². The summed E-state index contributed by atoms with van der Waals surface area (Å²) in [6, 6.07) is 7.01. The molecule has 5 nitrogen and oxygen atoms in total. The van der Waals surface area contributed by atoms with E-state index in [1.165, 1.54) is 0 Å². The van der Waals surface area contributed by atoms with Gasteiger partial charge in [-0.3, -0.25) is 0 Å². The molecule has 0 N–H and O–H groups in total. The predicted molar refractivity (Wildman–Crippen MR) is 87.7 cm³/mol. The standard InChI is InChI=1S/C17H25NO4S/c1-17(2,3)13-6-8-14(9-7-13)23(19,20)18-10-4-5-15(18)16-21-11-12-22-16/h6-9,15-16H,4-5,10-12H2,1-3H3. The van der Waals surface area contributed by atoms with Crippen LogP contribution in [0.4, 0.5) is 0 Å².